The van der Waals surface area contributed by atoms with E-state index < -0.39 is 5.97 Å². The van der Waals surface area contributed by atoms with Gasteiger partial charge in [-0.15, -0.1) is 0 Å². The van der Waals surface area contributed by atoms with Crippen molar-refractivity contribution >= 4 is 5.97 Å². The highest BCUT2D eigenvalue weighted by Gasteiger charge is 1.94. The fourth-order valence-corrected chi connectivity index (χ4v) is 0.143. The summed E-state index contributed by atoms with van der Waals surface area (Å²) < 4.78 is 4.50. The van der Waals surface area contributed by atoms with E-state index in [0.717, 1.165) is 19.3 Å². The van der Waals surface area contributed by atoms with Crippen molar-refractivity contribution in [3.8, 4) is 0 Å². The first kappa shape index (κ1) is 8.17. The number of hydrogen-bond acceptors (Lipinski definition) is 2. The van der Waals surface area contributed by atoms with Crippen LogP contribution in [0.25, 0.3) is 0 Å². The summed E-state index contributed by atoms with van der Waals surface area (Å²) in [7, 11) is 0. The van der Waals surface area contributed by atoms with E-state index in [4.69, 9.17) is 5.11 Å². The normalized spacial score (nSPS) is 14.3. The maximum atomic E-state index is 9.51. The zero-order valence-corrected chi connectivity index (χ0v) is 5.33. The Morgan fingerprint density at radius 1 is 1.67 bits per heavy atom. The van der Waals surface area contributed by atoms with Crippen molar-refractivity contribution in [3.63, 3.8) is 0 Å². The van der Waals surface area contributed by atoms with Crippen LogP contribution in [0, 0.1) is 0 Å². The van der Waals surface area contributed by atoms with Crippen molar-refractivity contribution in [2.75, 3.05) is 13.2 Å². The van der Waals surface area contributed by atoms with E-state index in [1.165, 1.54) is 6.08 Å². The van der Waals surface area contributed by atoms with Crippen molar-refractivity contribution in [3.05, 3.63) is 12.2 Å². The molecule has 1 aliphatic rings. The second kappa shape index (κ2) is 5.31. The third-order valence-corrected chi connectivity index (χ3v) is 0.513. The van der Waals surface area contributed by atoms with Crippen molar-refractivity contribution < 1.29 is 14.6 Å². The minimum atomic E-state index is -0.891. The second-order valence-corrected chi connectivity index (χ2v) is 1.45. The van der Waals surface area contributed by atoms with Crippen LogP contribution in [-0.4, -0.2) is 24.3 Å². The first-order valence-corrected chi connectivity index (χ1v) is 2.70. The molecule has 0 saturated carbocycles. The molecule has 1 N–H and O–H groups in total. The van der Waals surface area contributed by atoms with Crippen LogP contribution >= 0.6 is 0 Å². The minimum absolute atomic E-state index is 0.891. The summed E-state index contributed by atoms with van der Waals surface area (Å²) in [6, 6.07) is 0. The van der Waals surface area contributed by atoms with Crippen molar-refractivity contribution in [2.45, 2.75) is 6.92 Å². The van der Waals surface area contributed by atoms with Crippen LogP contribution in [0.15, 0.2) is 12.2 Å². The average molecular weight is 130 g/mol. The van der Waals surface area contributed by atoms with Gasteiger partial charge in [-0.25, -0.2) is 4.79 Å². The second-order valence-electron chi connectivity index (χ2n) is 1.45. The van der Waals surface area contributed by atoms with Gasteiger partial charge in [0.2, 0.25) is 0 Å². The summed E-state index contributed by atoms with van der Waals surface area (Å²) in [5.41, 5.74) is 0. The number of hydrogen-bond donors (Lipinski definition) is 1. The monoisotopic (exact) mass is 130 g/mol. The first-order chi connectivity index (χ1) is 4.27. The smallest absolute Gasteiger partial charge is 0.327 e. The number of allylic oxidation sites excluding steroid dienone is 1. The summed E-state index contributed by atoms with van der Waals surface area (Å²) in [6.07, 6.45) is 2.56. The third kappa shape index (κ3) is 19.1. The highest BCUT2D eigenvalue weighted by molar-refractivity contribution is 5.79. The Kier molecular flexibility index (Phi) is 4.82. The molecular formula is C6H10O3. The molecule has 52 valence electrons. The van der Waals surface area contributed by atoms with Crippen LogP contribution in [0.3, 0.4) is 0 Å². The molecule has 9 heavy (non-hydrogen) atoms. The van der Waals surface area contributed by atoms with E-state index >= 15 is 0 Å². The summed E-state index contributed by atoms with van der Waals surface area (Å²) >= 11 is 0. The van der Waals surface area contributed by atoms with E-state index in [1.807, 2.05) is 0 Å². The Balaban J connectivity index is 0.000000173. The van der Waals surface area contributed by atoms with Gasteiger partial charge in [0, 0.05) is 6.08 Å². The van der Waals surface area contributed by atoms with Gasteiger partial charge in [0.05, 0.1) is 13.2 Å². The number of rotatable bonds is 1. The lowest BCUT2D eigenvalue weighted by atomic mass is 10.5. The highest BCUT2D eigenvalue weighted by Crippen LogP contribution is 1.84. The van der Waals surface area contributed by atoms with Gasteiger partial charge in [0.15, 0.2) is 0 Å². The van der Waals surface area contributed by atoms with E-state index in [-0.39, 0.29) is 0 Å². The Hall–Kier alpha value is -0.830. The molecule has 1 fully saturated rings. The predicted octanol–water partition coefficient (Wildman–Crippen LogP) is 0.664. The van der Waals surface area contributed by atoms with Crippen molar-refractivity contribution in [1.82, 2.24) is 0 Å². The van der Waals surface area contributed by atoms with E-state index in [0.29, 0.717) is 0 Å². The molecular weight excluding hydrogens is 120 g/mol. The molecule has 3 heteroatoms. The number of carboxylic acids is 1. The minimum Gasteiger partial charge on any atom is -0.478 e. The maximum Gasteiger partial charge on any atom is 0.327 e. The van der Waals surface area contributed by atoms with Gasteiger partial charge in [0.25, 0.3) is 0 Å². The van der Waals surface area contributed by atoms with Gasteiger partial charge in [-0.05, 0) is 6.92 Å². The lowest BCUT2D eigenvalue weighted by Crippen LogP contribution is -1.83. The molecule has 1 rings (SSSR count). The summed E-state index contributed by atoms with van der Waals surface area (Å²) in [4.78, 5) is 9.51. The number of ether oxygens (including phenoxy) is 1. The molecule has 1 aliphatic heterocycles. The lowest BCUT2D eigenvalue weighted by Gasteiger charge is -1.68. The zero-order chi connectivity index (χ0) is 7.11. The Morgan fingerprint density at radius 3 is 2.11 bits per heavy atom. The van der Waals surface area contributed by atoms with Gasteiger partial charge in [0.1, 0.15) is 0 Å². The van der Waals surface area contributed by atoms with Crippen molar-refractivity contribution in [2.24, 2.45) is 0 Å². The quantitative estimate of drug-likeness (QED) is 0.419. The van der Waals surface area contributed by atoms with Gasteiger partial charge in [-0.1, -0.05) is 6.08 Å². The van der Waals surface area contributed by atoms with Crippen molar-refractivity contribution in [1.29, 1.82) is 0 Å². The van der Waals surface area contributed by atoms with Gasteiger partial charge >= 0.3 is 5.97 Å². The van der Waals surface area contributed by atoms with Crippen LogP contribution in [-0.2, 0) is 9.53 Å². The molecule has 0 bridgehead atoms. The van der Waals surface area contributed by atoms with Crippen LogP contribution in [0.4, 0.5) is 0 Å². The van der Waals surface area contributed by atoms with Crippen LogP contribution < -0.4 is 0 Å². The largest absolute Gasteiger partial charge is 0.478 e. The Bertz CT molecular complexity index is 102. The molecule has 0 aromatic rings. The van der Waals surface area contributed by atoms with Gasteiger partial charge in [-0.2, -0.15) is 0 Å². The molecule has 0 aromatic heterocycles. The van der Waals surface area contributed by atoms with Crippen LogP contribution in [0.1, 0.15) is 6.92 Å². The summed E-state index contributed by atoms with van der Waals surface area (Å²) in [6.45, 7) is 3.66. The predicted molar refractivity (Wildman–Crippen MR) is 33.3 cm³/mol. The van der Waals surface area contributed by atoms with E-state index in [1.54, 1.807) is 6.92 Å². The molecule has 0 atom stereocenters. The van der Waals surface area contributed by atoms with Crippen LogP contribution in [0.5, 0.6) is 0 Å². The van der Waals surface area contributed by atoms with E-state index in [9.17, 15) is 4.79 Å². The Labute approximate surface area is 53.9 Å². The number of carboxylic acid groups (broad SMARTS) is 1. The first-order valence-electron chi connectivity index (χ1n) is 2.70. The zero-order valence-electron chi connectivity index (χ0n) is 5.33. The average Bonchev–Trinajstić information content (AvgIpc) is 2.45. The SMILES string of the molecule is C1CO1.CC=CC(=O)O. The number of epoxide rings is 1. The molecule has 0 amide bonds. The molecule has 0 spiro atoms. The molecule has 0 aliphatic carbocycles. The topological polar surface area (TPSA) is 49.8 Å². The molecule has 0 aromatic carbocycles. The Morgan fingerprint density at radius 2 is 2.11 bits per heavy atom. The molecule has 3 nitrogen and oxygen atoms in total. The van der Waals surface area contributed by atoms with Crippen LogP contribution in [0.2, 0.25) is 0 Å². The maximum absolute atomic E-state index is 9.51. The standard InChI is InChI=1S/C4H6O2.C2H4O/c1-2-3-4(5)6;1-2-3-1/h2-3H,1H3,(H,5,6);1-2H2. The summed E-state index contributed by atoms with van der Waals surface area (Å²) in [5, 5.41) is 7.83. The lowest BCUT2D eigenvalue weighted by molar-refractivity contribution is -0.131. The number of carbonyl (C=O) groups is 1. The van der Waals surface area contributed by atoms with Gasteiger partial charge in [-0.3, -0.25) is 0 Å². The fraction of sp³-hybridized carbons (Fsp3) is 0.500. The fourth-order valence-electron chi connectivity index (χ4n) is 0.143. The molecule has 1 saturated heterocycles. The van der Waals surface area contributed by atoms with Gasteiger partial charge < -0.3 is 9.84 Å². The molecule has 0 radical (unpaired) electrons. The third-order valence-electron chi connectivity index (χ3n) is 0.513. The molecule has 1 heterocycles. The van der Waals surface area contributed by atoms with E-state index in [2.05, 4.69) is 4.74 Å². The molecule has 0 unspecified atom stereocenters. The highest BCUT2D eigenvalue weighted by atomic mass is 16.6. The number of aliphatic carboxylic acids is 1. The summed E-state index contributed by atoms with van der Waals surface area (Å²) in [5.74, 6) is -0.891.